The number of hydrogen-bond acceptors (Lipinski definition) is 6. The molecule has 3 aromatic rings. The number of fused-ring (bicyclic) bond motifs is 3. The van der Waals surface area contributed by atoms with E-state index in [-0.39, 0.29) is 49.9 Å². The van der Waals surface area contributed by atoms with Crippen LogP contribution in [0.5, 0.6) is 5.75 Å². The van der Waals surface area contributed by atoms with Gasteiger partial charge in [-0.25, -0.2) is 4.39 Å². The van der Waals surface area contributed by atoms with Crippen LogP contribution in [-0.4, -0.2) is 65.3 Å². The van der Waals surface area contributed by atoms with E-state index in [0.717, 1.165) is 18.4 Å². The zero-order valence-electron chi connectivity index (χ0n) is 26.9. The quantitative estimate of drug-likeness (QED) is 0.378. The third kappa shape index (κ3) is 5.09. The van der Waals surface area contributed by atoms with Crippen LogP contribution in [0.2, 0.25) is 0 Å². The van der Waals surface area contributed by atoms with Gasteiger partial charge in [-0.05, 0) is 62.6 Å². The molecule has 0 aromatic heterocycles. The Morgan fingerprint density at radius 2 is 1.72 bits per heavy atom. The number of benzene rings is 3. The summed E-state index contributed by atoms with van der Waals surface area (Å²) in [6.45, 7) is 5.44. The van der Waals surface area contributed by atoms with E-state index in [1.807, 2.05) is 79.7 Å². The summed E-state index contributed by atoms with van der Waals surface area (Å²) in [5.74, 6) is -1.32. The molecular formula is C37H40FN3O6. The second-order valence-corrected chi connectivity index (χ2v) is 13.6. The molecule has 3 amide bonds. The van der Waals surface area contributed by atoms with Crippen molar-refractivity contribution in [1.29, 1.82) is 0 Å². The van der Waals surface area contributed by atoms with E-state index < -0.39 is 29.2 Å². The fourth-order valence-electron chi connectivity index (χ4n) is 8.32. The van der Waals surface area contributed by atoms with Gasteiger partial charge in [-0.3, -0.25) is 19.3 Å². The standard InChI is InChI=1S/C37H40FN3O6/c1-23-34(36(2,3)38)31(19-32(43)39-18-8-9-26(39)21-42)47-37(23)27-10-4-5-11-28(27)40(35(37)45)20-24-14-16-25(17-15-24)41-29-12-6-7-13-30(29)46-22-33(41)44/h4-7,10-17,23,26,31,34,42H,8-9,18-22H2,1-3H3/t23-,26+,31+,34-,37+/m1/s1. The molecule has 7 rings (SSSR count). The van der Waals surface area contributed by atoms with Gasteiger partial charge in [0.25, 0.3) is 11.8 Å². The molecule has 0 bridgehead atoms. The zero-order chi connectivity index (χ0) is 33.1. The van der Waals surface area contributed by atoms with Gasteiger partial charge in [-0.2, -0.15) is 0 Å². The predicted octanol–water partition coefficient (Wildman–Crippen LogP) is 5.26. The minimum atomic E-state index is -1.73. The van der Waals surface area contributed by atoms with E-state index in [1.165, 1.54) is 13.8 Å². The van der Waals surface area contributed by atoms with Gasteiger partial charge >= 0.3 is 0 Å². The number of hydrogen-bond donors (Lipinski definition) is 1. The molecule has 5 atom stereocenters. The van der Waals surface area contributed by atoms with Crippen LogP contribution in [0.3, 0.4) is 0 Å². The average Bonchev–Trinajstić information content (AvgIpc) is 3.72. The summed E-state index contributed by atoms with van der Waals surface area (Å²) in [5, 5.41) is 9.81. The number of aliphatic hydroxyl groups excluding tert-OH is 1. The zero-order valence-corrected chi connectivity index (χ0v) is 26.9. The Hall–Kier alpha value is -4.28. The number of amides is 3. The first-order valence-electron chi connectivity index (χ1n) is 16.4. The first-order chi connectivity index (χ1) is 22.5. The maximum atomic E-state index is 16.1. The van der Waals surface area contributed by atoms with E-state index in [4.69, 9.17) is 9.47 Å². The molecule has 3 aromatic carbocycles. The lowest BCUT2D eigenvalue weighted by Crippen LogP contribution is -2.45. The van der Waals surface area contributed by atoms with Gasteiger partial charge < -0.3 is 24.4 Å². The molecule has 246 valence electrons. The molecule has 4 aliphatic rings. The molecule has 10 heteroatoms. The number of likely N-dealkylation sites (tertiary alicyclic amines) is 1. The van der Waals surface area contributed by atoms with E-state index >= 15 is 4.39 Å². The molecular weight excluding hydrogens is 601 g/mol. The van der Waals surface area contributed by atoms with Crippen molar-refractivity contribution in [2.45, 2.75) is 70.0 Å². The average molecular weight is 642 g/mol. The number of alkyl halides is 1. The number of anilines is 3. The van der Waals surface area contributed by atoms with Crippen molar-refractivity contribution < 1.29 is 33.4 Å². The Morgan fingerprint density at radius 1 is 1.02 bits per heavy atom. The third-order valence-electron chi connectivity index (χ3n) is 10.4. The summed E-state index contributed by atoms with van der Waals surface area (Å²) in [5.41, 5.74) is 0.366. The summed E-state index contributed by atoms with van der Waals surface area (Å²) in [7, 11) is 0. The molecule has 9 nitrogen and oxygen atoms in total. The van der Waals surface area contributed by atoms with Crippen molar-refractivity contribution in [2.24, 2.45) is 11.8 Å². The second kappa shape index (κ2) is 11.8. The lowest BCUT2D eigenvalue weighted by Gasteiger charge is -2.33. The van der Waals surface area contributed by atoms with Crippen LogP contribution in [0.1, 0.15) is 51.2 Å². The van der Waals surface area contributed by atoms with Crippen LogP contribution in [0, 0.1) is 11.8 Å². The molecule has 2 fully saturated rings. The Balaban J connectivity index is 1.18. The van der Waals surface area contributed by atoms with Crippen LogP contribution in [0.4, 0.5) is 21.5 Å². The summed E-state index contributed by atoms with van der Waals surface area (Å²) < 4.78 is 28.4. The smallest absolute Gasteiger partial charge is 0.269 e. The molecule has 0 radical (unpaired) electrons. The first-order valence-corrected chi connectivity index (χ1v) is 16.4. The normalized spacial score (nSPS) is 27.0. The number of nitrogens with zero attached hydrogens (tertiary/aromatic N) is 3. The largest absolute Gasteiger partial charge is 0.482 e. The van der Waals surface area contributed by atoms with Gasteiger partial charge in [0.15, 0.2) is 12.2 Å². The van der Waals surface area contributed by atoms with Crippen molar-refractivity contribution in [2.75, 3.05) is 29.6 Å². The number of carbonyl (C=O) groups excluding carboxylic acids is 3. The molecule has 1 N–H and O–H groups in total. The number of ether oxygens (including phenoxy) is 2. The van der Waals surface area contributed by atoms with E-state index in [2.05, 4.69) is 0 Å². The highest BCUT2D eigenvalue weighted by Crippen LogP contribution is 2.58. The molecule has 4 aliphatic heterocycles. The van der Waals surface area contributed by atoms with Crippen LogP contribution in [0.25, 0.3) is 0 Å². The van der Waals surface area contributed by atoms with Crippen LogP contribution < -0.4 is 14.5 Å². The highest BCUT2D eigenvalue weighted by atomic mass is 19.1. The number of aliphatic hydroxyl groups is 1. The fourth-order valence-corrected chi connectivity index (χ4v) is 8.32. The fraction of sp³-hybridized carbons (Fsp3) is 0.432. The highest BCUT2D eigenvalue weighted by Gasteiger charge is 2.66. The van der Waals surface area contributed by atoms with E-state index in [0.29, 0.717) is 34.9 Å². The molecule has 0 aliphatic carbocycles. The molecule has 47 heavy (non-hydrogen) atoms. The molecule has 0 unspecified atom stereocenters. The number of carbonyl (C=O) groups is 3. The Kier molecular flexibility index (Phi) is 7.83. The number of para-hydroxylation sites is 3. The molecule has 2 saturated heterocycles. The van der Waals surface area contributed by atoms with Gasteiger partial charge in [0.05, 0.1) is 43.1 Å². The first kappa shape index (κ1) is 31.3. The second-order valence-electron chi connectivity index (χ2n) is 13.6. The Bertz CT molecular complexity index is 1710. The van der Waals surface area contributed by atoms with Crippen molar-refractivity contribution in [3.05, 3.63) is 83.9 Å². The van der Waals surface area contributed by atoms with Crippen molar-refractivity contribution >= 4 is 34.8 Å². The lowest BCUT2D eigenvalue weighted by molar-refractivity contribution is -0.150. The lowest BCUT2D eigenvalue weighted by atomic mass is 9.71. The summed E-state index contributed by atoms with van der Waals surface area (Å²) in [4.78, 5) is 46.0. The number of rotatable bonds is 7. The van der Waals surface area contributed by atoms with Crippen molar-refractivity contribution in [1.82, 2.24) is 4.90 Å². The van der Waals surface area contributed by atoms with Crippen molar-refractivity contribution in [3.8, 4) is 5.75 Å². The maximum absolute atomic E-state index is 16.1. The summed E-state index contributed by atoms with van der Waals surface area (Å²) in [6.07, 6.45) is 0.631. The van der Waals surface area contributed by atoms with Crippen LogP contribution in [-0.2, 0) is 31.3 Å². The minimum absolute atomic E-state index is 0.0542. The summed E-state index contributed by atoms with van der Waals surface area (Å²) in [6, 6.07) is 22.1. The van der Waals surface area contributed by atoms with Gasteiger partial charge in [0, 0.05) is 29.6 Å². The monoisotopic (exact) mass is 641 g/mol. The van der Waals surface area contributed by atoms with Gasteiger partial charge in [-0.15, -0.1) is 0 Å². The van der Waals surface area contributed by atoms with Crippen LogP contribution in [0.15, 0.2) is 72.8 Å². The summed E-state index contributed by atoms with van der Waals surface area (Å²) >= 11 is 0. The van der Waals surface area contributed by atoms with E-state index in [9.17, 15) is 19.5 Å². The highest BCUT2D eigenvalue weighted by molar-refractivity contribution is 6.08. The van der Waals surface area contributed by atoms with Gasteiger partial charge in [0.2, 0.25) is 5.91 Å². The number of halogens is 1. The molecule has 1 spiro atoms. The third-order valence-corrected chi connectivity index (χ3v) is 10.4. The van der Waals surface area contributed by atoms with Crippen LogP contribution >= 0.6 is 0 Å². The minimum Gasteiger partial charge on any atom is -0.482 e. The molecule has 4 heterocycles. The SMILES string of the molecule is C[C@@H]1[C@@H](C(C)(C)F)[C@H](CC(=O)N2CCC[C@H]2CO)O[C@@]12C(=O)N(Cc1ccc(N3C(=O)COc4ccccc43)cc1)c1ccccc12. The maximum Gasteiger partial charge on any atom is 0.269 e. The topological polar surface area (TPSA) is 99.6 Å². The van der Waals surface area contributed by atoms with E-state index in [1.54, 1.807) is 14.7 Å². The van der Waals surface area contributed by atoms with Crippen molar-refractivity contribution in [3.63, 3.8) is 0 Å². The predicted molar refractivity (Wildman–Crippen MR) is 174 cm³/mol. The Labute approximate surface area is 273 Å². The van der Waals surface area contributed by atoms with Gasteiger partial charge in [-0.1, -0.05) is 49.4 Å². The van der Waals surface area contributed by atoms with Gasteiger partial charge in [0.1, 0.15) is 11.4 Å². The molecule has 0 saturated carbocycles. The Morgan fingerprint density at radius 3 is 2.45 bits per heavy atom.